The summed E-state index contributed by atoms with van der Waals surface area (Å²) in [7, 11) is 4.28. The number of nitrogens with zero attached hydrogens (tertiary/aromatic N) is 5. The fourth-order valence-electron chi connectivity index (χ4n) is 6.27. The Balaban J connectivity index is 1.88. The van der Waals surface area contributed by atoms with Crippen LogP contribution in [0, 0.1) is 10.8 Å². The molecule has 0 radical (unpaired) electrons. The van der Waals surface area contributed by atoms with E-state index in [-0.39, 0.29) is 19.6 Å². The molecule has 4 atom stereocenters. The van der Waals surface area contributed by atoms with E-state index in [9.17, 15) is 14.4 Å². The van der Waals surface area contributed by atoms with Crippen LogP contribution in [0.5, 0.6) is 0 Å². The molecule has 10 heteroatoms. The Hall–Kier alpha value is -4.02. The molecule has 3 aromatic heterocycles. The van der Waals surface area contributed by atoms with Gasteiger partial charge in [0.05, 0.1) is 43.4 Å². The van der Waals surface area contributed by atoms with Crippen LogP contribution in [-0.4, -0.2) is 76.8 Å². The van der Waals surface area contributed by atoms with Gasteiger partial charge < -0.3 is 14.4 Å². The number of ketones is 1. The van der Waals surface area contributed by atoms with Crippen molar-refractivity contribution in [1.29, 1.82) is 0 Å². The largest absolute Gasteiger partial charge is 0.468 e. The zero-order chi connectivity index (χ0) is 26.9. The third-order valence-electron chi connectivity index (χ3n) is 7.55. The molecular weight excluding hydrogens is 486 g/mol. The van der Waals surface area contributed by atoms with Crippen LogP contribution in [-0.2, 0) is 30.4 Å². The lowest BCUT2D eigenvalue weighted by molar-refractivity contribution is -0.206. The first kappa shape index (κ1) is 25.6. The van der Waals surface area contributed by atoms with Gasteiger partial charge in [0, 0.05) is 38.2 Å². The lowest BCUT2D eigenvalue weighted by atomic mass is 9.54. The topological polar surface area (TPSA) is 115 Å². The number of Topliss-reactive ketones (excluding diaryl/α,β-unsaturated/α-hetero) is 1. The van der Waals surface area contributed by atoms with Crippen LogP contribution in [0.4, 0.5) is 0 Å². The molecule has 0 aromatic carbocycles. The van der Waals surface area contributed by atoms with Crippen molar-refractivity contribution in [2.45, 2.75) is 18.6 Å². The number of likely N-dealkylation sites (tertiary alicyclic amines) is 2. The van der Waals surface area contributed by atoms with Crippen molar-refractivity contribution in [2.24, 2.45) is 10.8 Å². The molecule has 5 rings (SSSR count). The van der Waals surface area contributed by atoms with Crippen molar-refractivity contribution in [3.63, 3.8) is 0 Å². The van der Waals surface area contributed by atoms with Gasteiger partial charge >= 0.3 is 11.9 Å². The second-order valence-corrected chi connectivity index (χ2v) is 9.73. The average Bonchev–Trinajstić information content (AvgIpc) is 2.95. The fraction of sp³-hybridized carbons (Fsp3) is 0.357. The molecule has 2 aliphatic heterocycles. The molecule has 2 aliphatic rings. The van der Waals surface area contributed by atoms with Crippen LogP contribution < -0.4 is 0 Å². The van der Waals surface area contributed by atoms with Crippen LogP contribution in [0.1, 0.15) is 29.2 Å². The van der Waals surface area contributed by atoms with Crippen molar-refractivity contribution in [3.05, 3.63) is 90.3 Å². The average molecular weight is 516 g/mol. The SMILES string of the molecule is COC(=O)[C@@]12CN(C)C[C@@](C(=O)OC)(C1=O)C(c1ccccn1)N(Cc1ccccn1)C2c1ccccn1. The number of ether oxygens (including phenoxy) is 2. The van der Waals surface area contributed by atoms with Gasteiger partial charge in [-0.05, 0) is 43.4 Å². The quantitative estimate of drug-likeness (QED) is 0.357. The minimum atomic E-state index is -1.77. The van der Waals surface area contributed by atoms with Crippen molar-refractivity contribution < 1.29 is 23.9 Å². The first-order chi connectivity index (χ1) is 18.4. The molecule has 196 valence electrons. The van der Waals surface area contributed by atoms with Crippen molar-refractivity contribution in [1.82, 2.24) is 24.8 Å². The molecule has 2 fully saturated rings. The molecule has 0 amide bonds. The van der Waals surface area contributed by atoms with E-state index in [0.717, 1.165) is 0 Å². The summed E-state index contributed by atoms with van der Waals surface area (Å²) in [5.41, 5.74) is -1.86. The van der Waals surface area contributed by atoms with Crippen molar-refractivity contribution in [2.75, 3.05) is 34.4 Å². The third-order valence-corrected chi connectivity index (χ3v) is 7.55. The highest BCUT2D eigenvalue weighted by Crippen LogP contribution is 2.60. The number of fused-ring (bicyclic) bond motifs is 2. The summed E-state index contributed by atoms with van der Waals surface area (Å²) in [4.78, 5) is 60.0. The van der Waals surface area contributed by atoms with Gasteiger partial charge in [0.15, 0.2) is 16.6 Å². The Bertz CT molecular complexity index is 1250. The molecule has 5 heterocycles. The van der Waals surface area contributed by atoms with E-state index in [1.54, 1.807) is 62.0 Å². The van der Waals surface area contributed by atoms with Crippen molar-refractivity contribution in [3.8, 4) is 0 Å². The number of methoxy groups -OCH3 is 2. The van der Waals surface area contributed by atoms with E-state index in [1.165, 1.54) is 14.2 Å². The lowest BCUT2D eigenvalue weighted by Crippen LogP contribution is -2.75. The zero-order valence-electron chi connectivity index (χ0n) is 21.5. The molecule has 3 aromatic rings. The molecule has 38 heavy (non-hydrogen) atoms. The van der Waals surface area contributed by atoms with Gasteiger partial charge in [-0.1, -0.05) is 18.2 Å². The Labute approximate surface area is 220 Å². The predicted octanol–water partition coefficient (Wildman–Crippen LogP) is 2.00. The summed E-state index contributed by atoms with van der Waals surface area (Å²) in [5.74, 6) is -2.02. The summed E-state index contributed by atoms with van der Waals surface area (Å²) >= 11 is 0. The van der Waals surface area contributed by atoms with Crippen LogP contribution in [0.2, 0.25) is 0 Å². The van der Waals surface area contributed by atoms with Crippen LogP contribution in [0.15, 0.2) is 73.2 Å². The number of aromatic nitrogens is 3. The Morgan fingerprint density at radius 3 is 1.68 bits per heavy atom. The molecule has 10 nitrogen and oxygen atoms in total. The van der Waals surface area contributed by atoms with Gasteiger partial charge in [0.1, 0.15) is 0 Å². The van der Waals surface area contributed by atoms with E-state index in [2.05, 4.69) is 15.0 Å². The summed E-state index contributed by atoms with van der Waals surface area (Å²) in [5, 5.41) is 0. The standard InChI is InChI=1S/C28H29N5O5/c1-32-17-27(25(35)37-2)22(20-11-5-8-14-30-20)33(16-19-10-4-7-13-29-19)23(21-12-6-9-15-31-21)28(18-32,24(27)34)26(36)38-3/h4-15,22-23H,16-18H2,1-3H3/t22?,23?,27-,28+. The number of carbonyl (C=O) groups is 3. The monoisotopic (exact) mass is 515 g/mol. The highest BCUT2D eigenvalue weighted by Gasteiger charge is 2.75. The van der Waals surface area contributed by atoms with Gasteiger partial charge in [-0.2, -0.15) is 0 Å². The lowest BCUT2D eigenvalue weighted by Gasteiger charge is -2.60. The Kier molecular flexibility index (Phi) is 6.77. The van der Waals surface area contributed by atoms with Crippen LogP contribution >= 0.6 is 0 Å². The van der Waals surface area contributed by atoms with E-state index >= 15 is 0 Å². The van der Waals surface area contributed by atoms with Gasteiger partial charge in [0.2, 0.25) is 0 Å². The molecule has 2 saturated heterocycles. The second kappa shape index (κ2) is 10.0. The third kappa shape index (κ3) is 3.79. The number of pyridine rings is 3. The van der Waals surface area contributed by atoms with E-state index in [4.69, 9.17) is 9.47 Å². The summed E-state index contributed by atoms with van der Waals surface area (Å²) in [6.07, 6.45) is 4.92. The first-order valence-corrected chi connectivity index (χ1v) is 12.3. The zero-order valence-corrected chi connectivity index (χ0v) is 21.5. The highest BCUT2D eigenvalue weighted by molar-refractivity contribution is 6.17. The molecular formula is C28H29N5O5. The molecule has 0 saturated carbocycles. The Morgan fingerprint density at radius 2 is 1.29 bits per heavy atom. The maximum atomic E-state index is 14.8. The fourth-order valence-corrected chi connectivity index (χ4v) is 6.27. The van der Waals surface area contributed by atoms with Crippen LogP contribution in [0.25, 0.3) is 0 Å². The van der Waals surface area contributed by atoms with Gasteiger partial charge in [-0.3, -0.25) is 34.2 Å². The predicted molar refractivity (Wildman–Crippen MR) is 135 cm³/mol. The summed E-state index contributed by atoms with van der Waals surface area (Å²) in [6.45, 7) is 0.274. The van der Waals surface area contributed by atoms with E-state index < -0.39 is 40.6 Å². The normalized spacial score (nSPS) is 27.5. The molecule has 2 bridgehead atoms. The smallest absolute Gasteiger partial charge is 0.322 e. The summed E-state index contributed by atoms with van der Waals surface area (Å²) in [6, 6.07) is 14.5. The molecule has 0 spiro atoms. The molecule has 0 aliphatic carbocycles. The second-order valence-electron chi connectivity index (χ2n) is 9.73. The summed E-state index contributed by atoms with van der Waals surface area (Å²) < 4.78 is 10.6. The maximum absolute atomic E-state index is 14.8. The minimum Gasteiger partial charge on any atom is -0.468 e. The maximum Gasteiger partial charge on any atom is 0.322 e. The number of piperidine rings is 2. The Morgan fingerprint density at radius 1 is 0.816 bits per heavy atom. The highest BCUT2D eigenvalue weighted by atomic mass is 16.5. The first-order valence-electron chi connectivity index (χ1n) is 12.3. The molecule has 0 N–H and O–H groups in total. The number of rotatable bonds is 6. The van der Waals surface area contributed by atoms with Crippen molar-refractivity contribution >= 4 is 17.7 Å². The van der Waals surface area contributed by atoms with E-state index in [1.807, 2.05) is 28.0 Å². The number of esters is 2. The van der Waals surface area contributed by atoms with Gasteiger partial charge in [-0.25, -0.2) is 0 Å². The molecule has 2 unspecified atom stereocenters. The van der Waals surface area contributed by atoms with Gasteiger partial charge in [-0.15, -0.1) is 0 Å². The minimum absolute atomic E-state index is 0.0339. The van der Waals surface area contributed by atoms with Gasteiger partial charge in [0.25, 0.3) is 0 Å². The number of carbonyl (C=O) groups excluding carboxylic acids is 3. The number of hydrogen-bond donors (Lipinski definition) is 0. The van der Waals surface area contributed by atoms with Crippen LogP contribution in [0.3, 0.4) is 0 Å². The van der Waals surface area contributed by atoms with E-state index in [0.29, 0.717) is 17.1 Å². The number of hydrogen-bond acceptors (Lipinski definition) is 10.